The number of carbonyl (C=O) groups excluding carboxylic acids is 1. The van der Waals surface area contributed by atoms with Gasteiger partial charge in [0, 0.05) is 23.2 Å². The maximum absolute atomic E-state index is 13.4. The van der Waals surface area contributed by atoms with Crippen LogP contribution in [0.3, 0.4) is 0 Å². The topological polar surface area (TPSA) is 80.9 Å². The number of ether oxygens (including phenoxy) is 3. The van der Waals surface area contributed by atoms with E-state index in [0.717, 1.165) is 23.7 Å². The van der Waals surface area contributed by atoms with Gasteiger partial charge in [0.05, 0.1) is 27.9 Å². The molecule has 0 unspecified atom stereocenters. The molecule has 1 heterocycles. The van der Waals surface area contributed by atoms with Gasteiger partial charge in [-0.2, -0.15) is 0 Å². The smallest absolute Gasteiger partial charge is 0.254 e. The number of nitrogens with zero attached hydrogens (tertiary/aromatic N) is 1. The Labute approximate surface area is 181 Å². The van der Waals surface area contributed by atoms with Crippen molar-refractivity contribution >= 4 is 16.8 Å². The van der Waals surface area contributed by atoms with Crippen molar-refractivity contribution in [3.05, 3.63) is 63.9 Å². The molecule has 1 amide bonds. The molecule has 0 saturated heterocycles. The highest BCUT2D eigenvalue weighted by Crippen LogP contribution is 2.38. The SMILES string of the molecule is CCCCN(Cc1cc2ccccc2[nH]c1=O)C(=O)c1cc(OC)c(OC)c(OC)c1. The van der Waals surface area contributed by atoms with E-state index in [4.69, 9.17) is 14.2 Å². The lowest BCUT2D eigenvalue weighted by atomic mass is 10.1. The number of fused-ring (bicyclic) bond motifs is 1. The predicted molar refractivity (Wildman–Crippen MR) is 120 cm³/mol. The van der Waals surface area contributed by atoms with Gasteiger partial charge in [0.25, 0.3) is 11.5 Å². The Morgan fingerprint density at radius 2 is 1.68 bits per heavy atom. The van der Waals surface area contributed by atoms with Crippen LogP contribution in [0.4, 0.5) is 0 Å². The molecule has 31 heavy (non-hydrogen) atoms. The third-order valence-electron chi connectivity index (χ3n) is 5.17. The molecule has 1 aromatic heterocycles. The molecule has 1 N–H and O–H groups in total. The van der Waals surface area contributed by atoms with Gasteiger partial charge in [-0.25, -0.2) is 0 Å². The van der Waals surface area contributed by atoms with Crippen LogP contribution in [0.5, 0.6) is 17.2 Å². The molecule has 7 heteroatoms. The van der Waals surface area contributed by atoms with Crippen LogP contribution < -0.4 is 19.8 Å². The summed E-state index contributed by atoms with van der Waals surface area (Å²) < 4.78 is 16.1. The largest absolute Gasteiger partial charge is 0.493 e. The van der Waals surface area contributed by atoms with Crippen molar-refractivity contribution in [3.63, 3.8) is 0 Å². The number of pyridine rings is 1. The van der Waals surface area contributed by atoms with E-state index in [1.165, 1.54) is 21.3 Å². The average molecular weight is 424 g/mol. The fraction of sp³-hybridized carbons (Fsp3) is 0.333. The fourth-order valence-electron chi connectivity index (χ4n) is 3.50. The summed E-state index contributed by atoms with van der Waals surface area (Å²) >= 11 is 0. The van der Waals surface area contributed by atoms with E-state index < -0.39 is 0 Å². The van der Waals surface area contributed by atoms with Crippen molar-refractivity contribution in [2.75, 3.05) is 27.9 Å². The number of methoxy groups -OCH3 is 3. The Morgan fingerprint density at radius 3 is 2.29 bits per heavy atom. The van der Waals surface area contributed by atoms with E-state index in [2.05, 4.69) is 11.9 Å². The number of amides is 1. The van der Waals surface area contributed by atoms with Gasteiger partial charge in [0.15, 0.2) is 11.5 Å². The first kappa shape index (κ1) is 22.2. The predicted octanol–water partition coefficient (Wildman–Crippen LogP) is 4.00. The quantitative estimate of drug-likeness (QED) is 0.562. The van der Waals surface area contributed by atoms with Crippen LogP contribution in [0.15, 0.2) is 47.3 Å². The molecule has 0 radical (unpaired) electrons. The Kier molecular flexibility index (Phi) is 7.18. The van der Waals surface area contributed by atoms with E-state index in [1.54, 1.807) is 17.0 Å². The molecule has 0 aliphatic rings. The normalized spacial score (nSPS) is 10.7. The second-order valence-corrected chi connectivity index (χ2v) is 7.21. The molecule has 0 spiro atoms. The van der Waals surface area contributed by atoms with E-state index in [9.17, 15) is 9.59 Å². The number of rotatable bonds is 9. The minimum atomic E-state index is -0.208. The number of nitrogens with one attached hydrogen (secondary N) is 1. The molecule has 2 aromatic carbocycles. The summed E-state index contributed by atoms with van der Waals surface area (Å²) in [7, 11) is 4.53. The fourth-order valence-corrected chi connectivity index (χ4v) is 3.50. The van der Waals surface area contributed by atoms with E-state index in [-0.39, 0.29) is 18.0 Å². The molecular weight excluding hydrogens is 396 g/mol. The van der Waals surface area contributed by atoms with Gasteiger partial charge in [-0.3, -0.25) is 9.59 Å². The zero-order valence-corrected chi connectivity index (χ0v) is 18.4. The zero-order chi connectivity index (χ0) is 22.4. The molecular formula is C24H28N2O5. The number of unbranched alkanes of at least 4 members (excludes halogenated alkanes) is 1. The standard InChI is InChI=1S/C24H28N2O5/c1-5-6-11-26(15-18-12-16-9-7-8-10-19(16)25-23(18)27)24(28)17-13-20(29-2)22(31-4)21(14-17)30-3/h7-10,12-14H,5-6,11,15H2,1-4H3,(H,25,27). The molecule has 7 nitrogen and oxygen atoms in total. The molecule has 3 aromatic rings. The maximum atomic E-state index is 13.4. The summed E-state index contributed by atoms with van der Waals surface area (Å²) in [5, 5.41) is 0.924. The average Bonchev–Trinajstić information content (AvgIpc) is 2.80. The summed E-state index contributed by atoms with van der Waals surface area (Å²) in [4.78, 5) is 30.6. The van der Waals surface area contributed by atoms with Crippen LogP contribution in [0.1, 0.15) is 35.7 Å². The number of H-pyrrole nitrogens is 1. The summed E-state index contributed by atoms with van der Waals surface area (Å²) in [6.07, 6.45) is 1.74. The third kappa shape index (κ3) is 4.82. The summed E-state index contributed by atoms with van der Waals surface area (Å²) in [6, 6.07) is 12.7. The first-order chi connectivity index (χ1) is 15.0. The third-order valence-corrected chi connectivity index (χ3v) is 5.17. The highest BCUT2D eigenvalue weighted by atomic mass is 16.5. The molecule has 0 fully saturated rings. The van der Waals surface area contributed by atoms with Crippen LogP contribution in [0, 0.1) is 0 Å². The van der Waals surface area contributed by atoms with Crippen molar-refractivity contribution in [2.45, 2.75) is 26.3 Å². The van der Waals surface area contributed by atoms with E-state index in [1.807, 2.05) is 30.3 Å². The summed E-state index contributed by atoms with van der Waals surface area (Å²) in [6.45, 7) is 2.79. The Hall–Kier alpha value is -3.48. The van der Waals surface area contributed by atoms with Crippen LogP contribution in [0.2, 0.25) is 0 Å². The van der Waals surface area contributed by atoms with E-state index in [0.29, 0.717) is 34.9 Å². The molecule has 0 aliphatic carbocycles. The number of hydrogen-bond donors (Lipinski definition) is 1. The maximum Gasteiger partial charge on any atom is 0.254 e. The molecule has 3 rings (SSSR count). The second kappa shape index (κ2) is 10.0. The van der Waals surface area contributed by atoms with Gasteiger partial charge in [-0.15, -0.1) is 0 Å². The second-order valence-electron chi connectivity index (χ2n) is 7.21. The van der Waals surface area contributed by atoms with Gasteiger partial charge < -0.3 is 24.1 Å². The Balaban J connectivity index is 1.98. The van der Waals surface area contributed by atoms with Crippen molar-refractivity contribution in [1.82, 2.24) is 9.88 Å². The van der Waals surface area contributed by atoms with Crippen LogP contribution in [-0.2, 0) is 6.54 Å². The van der Waals surface area contributed by atoms with Gasteiger partial charge in [0.2, 0.25) is 5.75 Å². The minimum absolute atomic E-state index is 0.196. The summed E-state index contributed by atoms with van der Waals surface area (Å²) in [5.41, 5.74) is 1.52. The lowest BCUT2D eigenvalue weighted by Crippen LogP contribution is -2.33. The highest BCUT2D eigenvalue weighted by molar-refractivity contribution is 5.95. The lowest BCUT2D eigenvalue weighted by Gasteiger charge is -2.23. The number of benzene rings is 2. The van der Waals surface area contributed by atoms with Crippen LogP contribution >= 0.6 is 0 Å². The Bertz CT molecular complexity index is 1100. The minimum Gasteiger partial charge on any atom is -0.493 e. The Morgan fingerprint density at radius 1 is 1.00 bits per heavy atom. The molecule has 0 bridgehead atoms. The first-order valence-corrected chi connectivity index (χ1v) is 10.2. The van der Waals surface area contributed by atoms with Crippen molar-refractivity contribution in [1.29, 1.82) is 0 Å². The molecule has 164 valence electrons. The van der Waals surface area contributed by atoms with Gasteiger partial charge in [-0.05, 0) is 36.1 Å². The number of aromatic amines is 1. The van der Waals surface area contributed by atoms with Gasteiger partial charge in [-0.1, -0.05) is 31.5 Å². The number of aromatic nitrogens is 1. The first-order valence-electron chi connectivity index (χ1n) is 10.2. The van der Waals surface area contributed by atoms with Crippen LogP contribution in [0.25, 0.3) is 10.9 Å². The lowest BCUT2D eigenvalue weighted by molar-refractivity contribution is 0.0739. The molecule has 0 aliphatic heterocycles. The highest BCUT2D eigenvalue weighted by Gasteiger charge is 2.22. The molecule has 0 atom stereocenters. The number of hydrogen-bond acceptors (Lipinski definition) is 5. The van der Waals surface area contributed by atoms with Crippen molar-refractivity contribution in [3.8, 4) is 17.2 Å². The van der Waals surface area contributed by atoms with Crippen molar-refractivity contribution in [2.24, 2.45) is 0 Å². The van der Waals surface area contributed by atoms with Crippen LogP contribution in [-0.4, -0.2) is 43.7 Å². The van der Waals surface area contributed by atoms with E-state index >= 15 is 0 Å². The number of para-hydroxylation sites is 1. The summed E-state index contributed by atoms with van der Waals surface area (Å²) in [5.74, 6) is 1.03. The van der Waals surface area contributed by atoms with Gasteiger partial charge in [0.1, 0.15) is 0 Å². The number of carbonyl (C=O) groups is 1. The van der Waals surface area contributed by atoms with Gasteiger partial charge >= 0.3 is 0 Å². The van der Waals surface area contributed by atoms with Crippen molar-refractivity contribution < 1.29 is 19.0 Å². The zero-order valence-electron chi connectivity index (χ0n) is 18.4. The monoisotopic (exact) mass is 424 g/mol. The molecule has 0 saturated carbocycles.